The van der Waals surface area contributed by atoms with E-state index in [2.05, 4.69) is 10.5 Å². The third-order valence-corrected chi connectivity index (χ3v) is 7.19. The number of benzene rings is 3. The third-order valence-electron chi connectivity index (χ3n) is 5.40. The summed E-state index contributed by atoms with van der Waals surface area (Å²) in [6, 6.07) is 19.0. The number of nitrogens with zero attached hydrogens (tertiary/aromatic N) is 2. The summed E-state index contributed by atoms with van der Waals surface area (Å²) in [6.07, 6.45) is 1.57. The molecule has 0 heterocycles. The maximum absolute atomic E-state index is 13.3. The number of hydrogen-bond donors (Lipinski definition) is 1. The van der Waals surface area contributed by atoms with Crippen LogP contribution in [0.5, 0.6) is 0 Å². The summed E-state index contributed by atoms with van der Waals surface area (Å²) in [6.45, 7) is 7.54. The molecule has 1 N–H and O–H groups in total. The van der Waals surface area contributed by atoms with Gasteiger partial charge >= 0.3 is 0 Å². The van der Waals surface area contributed by atoms with Crippen LogP contribution in [0.4, 0.5) is 5.69 Å². The van der Waals surface area contributed by atoms with Crippen molar-refractivity contribution in [2.45, 2.75) is 32.6 Å². The van der Waals surface area contributed by atoms with Crippen molar-refractivity contribution < 1.29 is 13.2 Å². The van der Waals surface area contributed by atoms with Crippen LogP contribution < -0.4 is 9.73 Å². The molecule has 3 rings (SSSR count). The molecule has 0 saturated carbocycles. The molecule has 0 aliphatic heterocycles. The van der Waals surface area contributed by atoms with E-state index >= 15 is 0 Å². The van der Waals surface area contributed by atoms with Crippen LogP contribution in [-0.2, 0) is 14.8 Å². The van der Waals surface area contributed by atoms with Crippen molar-refractivity contribution in [2.75, 3.05) is 10.8 Å². The van der Waals surface area contributed by atoms with Crippen LogP contribution in [0.25, 0.3) is 0 Å². The van der Waals surface area contributed by atoms with Gasteiger partial charge in [-0.15, -0.1) is 0 Å². The molecule has 0 atom stereocenters. The van der Waals surface area contributed by atoms with Crippen molar-refractivity contribution in [3.05, 3.63) is 94.5 Å². The average Bonchev–Trinajstić information content (AvgIpc) is 2.78. The maximum atomic E-state index is 13.3. The van der Waals surface area contributed by atoms with Gasteiger partial charge in [-0.05, 0) is 79.8 Å². The standard InChI is InChI=1S/C25H27N3O3S/c1-18-9-8-10-23(15-18)28(32(30,31)24-11-6-5-7-12-24)17-25(29)27-26-16-22-14-13-19(2)20(3)21(22)4/h5-16H,17H2,1-4H3,(H,27,29)/b26-16-. The van der Waals surface area contributed by atoms with Crippen LogP contribution in [0.2, 0.25) is 0 Å². The van der Waals surface area contributed by atoms with Crippen molar-refractivity contribution in [3.63, 3.8) is 0 Å². The van der Waals surface area contributed by atoms with Crippen LogP contribution in [0.1, 0.15) is 27.8 Å². The highest BCUT2D eigenvalue weighted by molar-refractivity contribution is 7.92. The van der Waals surface area contributed by atoms with Gasteiger partial charge in [-0.25, -0.2) is 13.8 Å². The quantitative estimate of drug-likeness (QED) is 0.432. The minimum atomic E-state index is -3.94. The molecule has 0 saturated heterocycles. The van der Waals surface area contributed by atoms with Gasteiger partial charge in [-0.2, -0.15) is 5.10 Å². The van der Waals surface area contributed by atoms with E-state index in [0.29, 0.717) is 5.69 Å². The second-order valence-corrected chi connectivity index (χ2v) is 9.54. The number of aryl methyl sites for hydroxylation is 2. The molecule has 0 aliphatic carbocycles. The van der Waals surface area contributed by atoms with Crippen molar-refractivity contribution in [2.24, 2.45) is 5.10 Å². The molecule has 0 aromatic heterocycles. The first-order valence-electron chi connectivity index (χ1n) is 10.2. The summed E-state index contributed by atoms with van der Waals surface area (Å²) >= 11 is 0. The van der Waals surface area contributed by atoms with Crippen molar-refractivity contribution in [3.8, 4) is 0 Å². The maximum Gasteiger partial charge on any atom is 0.264 e. The topological polar surface area (TPSA) is 78.8 Å². The Balaban J connectivity index is 1.84. The fraction of sp³-hybridized carbons (Fsp3) is 0.200. The highest BCUT2D eigenvalue weighted by atomic mass is 32.2. The number of sulfonamides is 1. The third kappa shape index (κ3) is 5.23. The molecule has 32 heavy (non-hydrogen) atoms. The van der Waals surface area contributed by atoms with Gasteiger partial charge < -0.3 is 0 Å². The second-order valence-electron chi connectivity index (χ2n) is 7.68. The summed E-state index contributed by atoms with van der Waals surface area (Å²) in [5.41, 5.74) is 8.08. The molecular weight excluding hydrogens is 422 g/mol. The van der Waals surface area contributed by atoms with E-state index in [1.807, 2.05) is 45.9 Å². The molecule has 0 spiro atoms. The van der Waals surface area contributed by atoms with Gasteiger partial charge in [-0.3, -0.25) is 9.10 Å². The Labute approximate surface area is 189 Å². The first kappa shape index (κ1) is 23.2. The molecule has 0 aliphatic rings. The molecule has 0 radical (unpaired) electrons. The number of hydrazone groups is 1. The predicted octanol–water partition coefficient (Wildman–Crippen LogP) is 4.27. The Morgan fingerprint density at radius 1 is 0.938 bits per heavy atom. The molecule has 0 fully saturated rings. The van der Waals surface area contributed by atoms with Gasteiger partial charge in [0.2, 0.25) is 0 Å². The first-order valence-corrected chi connectivity index (χ1v) is 11.7. The monoisotopic (exact) mass is 449 g/mol. The lowest BCUT2D eigenvalue weighted by atomic mass is 10.00. The Bertz CT molecular complexity index is 1250. The zero-order valence-electron chi connectivity index (χ0n) is 18.7. The Morgan fingerprint density at radius 2 is 1.66 bits per heavy atom. The van der Waals surface area contributed by atoms with Crippen molar-refractivity contribution >= 4 is 27.8 Å². The molecule has 3 aromatic carbocycles. The summed E-state index contributed by atoms with van der Waals surface area (Å²) in [5.74, 6) is -0.538. The Kier molecular flexibility index (Phi) is 7.10. The number of hydrogen-bond acceptors (Lipinski definition) is 4. The van der Waals surface area contributed by atoms with Crippen LogP contribution in [0, 0.1) is 27.7 Å². The van der Waals surface area contributed by atoms with E-state index in [1.165, 1.54) is 23.3 Å². The van der Waals surface area contributed by atoms with Crippen LogP contribution in [0.3, 0.4) is 0 Å². The van der Waals surface area contributed by atoms with E-state index in [0.717, 1.165) is 21.0 Å². The highest BCUT2D eigenvalue weighted by Gasteiger charge is 2.27. The highest BCUT2D eigenvalue weighted by Crippen LogP contribution is 2.24. The van der Waals surface area contributed by atoms with Gasteiger partial charge in [0.25, 0.3) is 15.9 Å². The lowest BCUT2D eigenvalue weighted by molar-refractivity contribution is -0.119. The molecular formula is C25H27N3O3S. The SMILES string of the molecule is Cc1cccc(N(CC(=O)N/N=C\c2ccc(C)c(C)c2C)S(=O)(=O)c2ccccc2)c1. The van der Waals surface area contributed by atoms with Gasteiger partial charge in [0.1, 0.15) is 6.54 Å². The van der Waals surface area contributed by atoms with Gasteiger partial charge in [0.15, 0.2) is 0 Å². The Morgan fingerprint density at radius 3 is 2.34 bits per heavy atom. The summed E-state index contributed by atoms with van der Waals surface area (Å²) in [4.78, 5) is 12.8. The number of carbonyl (C=O) groups excluding carboxylic acids is 1. The molecule has 0 bridgehead atoms. The molecule has 7 heteroatoms. The number of nitrogens with one attached hydrogen (secondary N) is 1. The zero-order valence-corrected chi connectivity index (χ0v) is 19.5. The second kappa shape index (κ2) is 9.78. The summed E-state index contributed by atoms with van der Waals surface area (Å²) in [7, 11) is -3.94. The fourth-order valence-corrected chi connectivity index (χ4v) is 4.71. The number of anilines is 1. The van der Waals surface area contributed by atoms with E-state index in [1.54, 1.807) is 42.6 Å². The zero-order chi connectivity index (χ0) is 23.3. The van der Waals surface area contributed by atoms with E-state index in [9.17, 15) is 13.2 Å². The van der Waals surface area contributed by atoms with Gasteiger partial charge in [0, 0.05) is 0 Å². The lowest BCUT2D eigenvalue weighted by Gasteiger charge is -2.24. The first-order chi connectivity index (χ1) is 15.2. The number of carbonyl (C=O) groups is 1. The molecule has 166 valence electrons. The van der Waals surface area contributed by atoms with E-state index in [4.69, 9.17) is 0 Å². The molecule has 3 aromatic rings. The average molecular weight is 450 g/mol. The van der Waals surface area contributed by atoms with Crippen LogP contribution in [-0.4, -0.2) is 27.1 Å². The predicted molar refractivity (Wildman–Crippen MR) is 129 cm³/mol. The summed E-state index contributed by atoms with van der Waals surface area (Å²) < 4.78 is 27.7. The fourth-order valence-electron chi connectivity index (χ4n) is 3.27. The lowest BCUT2D eigenvalue weighted by Crippen LogP contribution is -2.39. The van der Waals surface area contributed by atoms with E-state index < -0.39 is 22.5 Å². The Hall–Kier alpha value is -3.45. The van der Waals surface area contributed by atoms with Gasteiger partial charge in [-0.1, -0.05) is 42.5 Å². The molecule has 6 nitrogen and oxygen atoms in total. The molecule has 1 amide bonds. The normalized spacial score (nSPS) is 11.5. The smallest absolute Gasteiger partial charge is 0.264 e. The summed E-state index contributed by atoms with van der Waals surface area (Å²) in [5, 5.41) is 4.05. The van der Waals surface area contributed by atoms with Crippen molar-refractivity contribution in [1.29, 1.82) is 0 Å². The minimum absolute atomic E-state index is 0.114. The number of rotatable bonds is 7. The van der Waals surface area contributed by atoms with Crippen molar-refractivity contribution in [1.82, 2.24) is 5.43 Å². The van der Waals surface area contributed by atoms with Crippen LogP contribution in [0.15, 0.2) is 76.7 Å². The van der Waals surface area contributed by atoms with Gasteiger partial charge in [0.05, 0.1) is 16.8 Å². The molecule has 0 unspecified atom stereocenters. The minimum Gasteiger partial charge on any atom is -0.271 e. The van der Waals surface area contributed by atoms with E-state index in [-0.39, 0.29) is 4.90 Å². The van der Waals surface area contributed by atoms with Crippen LogP contribution >= 0.6 is 0 Å². The largest absolute Gasteiger partial charge is 0.271 e. The number of amides is 1.